The standard InChI is InChI=1S/C30H37N7O2S/c1-20-21(2)40-30(33-20)26-24-7-5-6-12-37(24)28-27(26)31-19-32-29(28)36-15-13-35(14-16-36)17-22-8-10-23(11-9-22)39-18-25(38)34(3)4/h8-11,19H,5-7,12-18H2,1-4H3. The number of thiazole rings is 1. The molecule has 0 aliphatic carbocycles. The second kappa shape index (κ2) is 11.2. The van der Waals surface area contributed by atoms with Crippen LogP contribution < -0.4 is 9.64 Å². The molecule has 5 heterocycles. The fourth-order valence-electron chi connectivity index (χ4n) is 5.65. The van der Waals surface area contributed by atoms with Crippen LogP contribution in [0.5, 0.6) is 5.75 Å². The van der Waals surface area contributed by atoms with Gasteiger partial charge in [-0.25, -0.2) is 15.0 Å². The monoisotopic (exact) mass is 559 g/mol. The highest BCUT2D eigenvalue weighted by Crippen LogP contribution is 2.41. The van der Waals surface area contributed by atoms with E-state index in [0.29, 0.717) is 0 Å². The number of fused-ring (bicyclic) bond motifs is 3. The van der Waals surface area contributed by atoms with Gasteiger partial charge in [-0.1, -0.05) is 12.1 Å². The zero-order valence-electron chi connectivity index (χ0n) is 23.8. The van der Waals surface area contributed by atoms with Crippen LogP contribution in [0.15, 0.2) is 30.6 Å². The average Bonchev–Trinajstić information content (AvgIpc) is 3.48. The van der Waals surface area contributed by atoms with E-state index in [9.17, 15) is 4.79 Å². The molecule has 9 nitrogen and oxygen atoms in total. The summed E-state index contributed by atoms with van der Waals surface area (Å²) in [5, 5.41) is 1.09. The number of carbonyl (C=O) groups excluding carboxylic acids is 1. The number of nitrogens with zero attached hydrogens (tertiary/aromatic N) is 7. The van der Waals surface area contributed by atoms with Gasteiger partial charge in [-0.2, -0.15) is 0 Å². The second-order valence-electron chi connectivity index (χ2n) is 11.0. The molecule has 40 heavy (non-hydrogen) atoms. The van der Waals surface area contributed by atoms with E-state index in [1.54, 1.807) is 31.8 Å². The third-order valence-corrected chi connectivity index (χ3v) is 9.16. The van der Waals surface area contributed by atoms with E-state index in [-0.39, 0.29) is 12.5 Å². The van der Waals surface area contributed by atoms with Gasteiger partial charge in [0.05, 0.1) is 11.3 Å². The van der Waals surface area contributed by atoms with Crippen LogP contribution in [0.3, 0.4) is 0 Å². The lowest BCUT2D eigenvalue weighted by molar-refractivity contribution is -0.130. The Morgan fingerprint density at radius 3 is 2.50 bits per heavy atom. The number of hydrogen-bond acceptors (Lipinski definition) is 8. The number of anilines is 1. The van der Waals surface area contributed by atoms with Crippen LogP contribution in [-0.2, 0) is 24.3 Å². The van der Waals surface area contributed by atoms with E-state index in [1.165, 1.54) is 45.0 Å². The third kappa shape index (κ3) is 5.17. The van der Waals surface area contributed by atoms with Gasteiger partial charge in [0.1, 0.15) is 28.1 Å². The summed E-state index contributed by atoms with van der Waals surface area (Å²) >= 11 is 1.78. The first-order valence-corrected chi connectivity index (χ1v) is 14.9. The Bertz CT molecular complexity index is 1500. The first kappa shape index (κ1) is 26.7. The molecule has 0 atom stereocenters. The van der Waals surface area contributed by atoms with Crippen LogP contribution >= 0.6 is 11.3 Å². The van der Waals surface area contributed by atoms with Crippen molar-refractivity contribution in [3.63, 3.8) is 0 Å². The van der Waals surface area contributed by atoms with Crippen molar-refractivity contribution in [2.45, 2.75) is 46.2 Å². The van der Waals surface area contributed by atoms with Crippen molar-refractivity contribution in [1.82, 2.24) is 29.3 Å². The Balaban J connectivity index is 1.17. The summed E-state index contributed by atoms with van der Waals surface area (Å²) in [5.41, 5.74) is 7.16. The Hall–Kier alpha value is -3.50. The lowest BCUT2D eigenvalue weighted by Gasteiger charge is -2.35. The minimum atomic E-state index is -0.0480. The zero-order valence-corrected chi connectivity index (χ0v) is 24.6. The molecule has 3 aromatic heterocycles. The summed E-state index contributed by atoms with van der Waals surface area (Å²) in [7, 11) is 3.46. The zero-order chi connectivity index (χ0) is 27.8. The Morgan fingerprint density at radius 2 is 1.80 bits per heavy atom. The minimum Gasteiger partial charge on any atom is -0.484 e. The Morgan fingerprint density at radius 1 is 1.02 bits per heavy atom. The molecule has 1 saturated heterocycles. The number of aromatic nitrogens is 4. The molecule has 1 fully saturated rings. The quantitative estimate of drug-likeness (QED) is 0.334. The molecular formula is C30H37N7O2S. The van der Waals surface area contributed by atoms with Crippen molar-refractivity contribution in [3.05, 3.63) is 52.4 Å². The molecule has 210 valence electrons. The van der Waals surface area contributed by atoms with E-state index in [0.717, 1.165) is 73.5 Å². The van der Waals surface area contributed by atoms with Crippen molar-refractivity contribution < 1.29 is 9.53 Å². The number of rotatable bonds is 7. The van der Waals surface area contributed by atoms with E-state index in [4.69, 9.17) is 19.7 Å². The Kier molecular flexibility index (Phi) is 7.46. The summed E-state index contributed by atoms with van der Waals surface area (Å²) in [4.78, 5) is 34.1. The van der Waals surface area contributed by atoms with Gasteiger partial charge >= 0.3 is 0 Å². The molecule has 2 aliphatic heterocycles. The molecule has 0 unspecified atom stereocenters. The number of piperazine rings is 1. The van der Waals surface area contributed by atoms with Gasteiger partial charge < -0.3 is 19.1 Å². The van der Waals surface area contributed by atoms with E-state index in [2.05, 4.69) is 40.3 Å². The lowest BCUT2D eigenvalue weighted by atomic mass is 10.1. The fourth-order valence-corrected chi connectivity index (χ4v) is 6.64. The molecule has 1 aromatic carbocycles. The van der Waals surface area contributed by atoms with Gasteiger partial charge in [0.15, 0.2) is 12.4 Å². The third-order valence-electron chi connectivity index (χ3n) is 8.07. The minimum absolute atomic E-state index is 0.0480. The van der Waals surface area contributed by atoms with Crippen molar-refractivity contribution >= 4 is 34.1 Å². The molecular weight excluding hydrogens is 522 g/mol. The van der Waals surface area contributed by atoms with Crippen molar-refractivity contribution in [2.24, 2.45) is 0 Å². The fraction of sp³-hybridized carbons (Fsp3) is 0.467. The van der Waals surface area contributed by atoms with Crippen LogP contribution in [0.1, 0.15) is 34.7 Å². The number of benzene rings is 1. The topological polar surface area (TPSA) is 79.6 Å². The van der Waals surface area contributed by atoms with Crippen molar-refractivity contribution in [1.29, 1.82) is 0 Å². The van der Waals surface area contributed by atoms with Gasteiger partial charge in [-0.15, -0.1) is 11.3 Å². The van der Waals surface area contributed by atoms with Gasteiger partial charge in [0.2, 0.25) is 0 Å². The SMILES string of the molecule is Cc1nc(-c2c3n(c4c(N5CCN(Cc6ccc(OCC(=O)N(C)C)cc6)CC5)ncnc24)CCCC3)sc1C. The molecule has 0 radical (unpaired) electrons. The normalized spacial score (nSPS) is 15.8. The molecule has 0 bridgehead atoms. The molecule has 2 aliphatic rings. The molecule has 0 saturated carbocycles. The first-order valence-electron chi connectivity index (χ1n) is 14.1. The highest BCUT2D eigenvalue weighted by Gasteiger charge is 2.29. The molecule has 4 aromatic rings. The maximum Gasteiger partial charge on any atom is 0.259 e. The maximum absolute atomic E-state index is 11.8. The van der Waals surface area contributed by atoms with Crippen molar-refractivity contribution in [3.8, 4) is 16.3 Å². The molecule has 0 spiro atoms. The van der Waals surface area contributed by atoms with E-state index < -0.39 is 0 Å². The largest absolute Gasteiger partial charge is 0.484 e. The average molecular weight is 560 g/mol. The summed E-state index contributed by atoms with van der Waals surface area (Å²) in [6, 6.07) is 8.08. The predicted molar refractivity (Wildman–Crippen MR) is 159 cm³/mol. The number of amides is 1. The van der Waals surface area contributed by atoms with Crippen LogP contribution in [0.2, 0.25) is 0 Å². The number of likely N-dealkylation sites (N-methyl/N-ethyl adjacent to an activating group) is 1. The Labute approximate surface area is 239 Å². The summed E-state index contributed by atoms with van der Waals surface area (Å²) in [6.45, 7) is 9.97. The highest BCUT2D eigenvalue weighted by atomic mass is 32.1. The van der Waals surface area contributed by atoms with Gasteiger partial charge in [-0.05, 0) is 50.8 Å². The number of hydrogen-bond donors (Lipinski definition) is 0. The van der Waals surface area contributed by atoms with Gasteiger partial charge in [0, 0.05) is 63.9 Å². The maximum atomic E-state index is 11.8. The van der Waals surface area contributed by atoms with Crippen LogP contribution in [0, 0.1) is 13.8 Å². The van der Waals surface area contributed by atoms with Crippen LogP contribution in [0.25, 0.3) is 21.6 Å². The first-order chi connectivity index (χ1) is 19.4. The molecule has 10 heteroatoms. The van der Waals surface area contributed by atoms with Gasteiger partial charge in [-0.3, -0.25) is 9.69 Å². The second-order valence-corrected chi connectivity index (χ2v) is 12.2. The van der Waals surface area contributed by atoms with Gasteiger partial charge in [0.25, 0.3) is 5.91 Å². The molecule has 1 amide bonds. The highest BCUT2D eigenvalue weighted by molar-refractivity contribution is 7.15. The summed E-state index contributed by atoms with van der Waals surface area (Å²) < 4.78 is 8.10. The van der Waals surface area contributed by atoms with Crippen LogP contribution in [0.4, 0.5) is 5.82 Å². The lowest BCUT2D eigenvalue weighted by Crippen LogP contribution is -2.46. The van der Waals surface area contributed by atoms with E-state index in [1.807, 2.05) is 12.1 Å². The number of ether oxygens (including phenoxy) is 1. The summed E-state index contributed by atoms with van der Waals surface area (Å²) in [5.74, 6) is 1.72. The van der Waals surface area contributed by atoms with Crippen LogP contribution in [-0.4, -0.2) is 82.1 Å². The molecule has 0 N–H and O–H groups in total. The smallest absolute Gasteiger partial charge is 0.259 e. The van der Waals surface area contributed by atoms with E-state index >= 15 is 0 Å². The summed E-state index contributed by atoms with van der Waals surface area (Å²) in [6.07, 6.45) is 5.19. The number of carbonyl (C=O) groups is 1. The predicted octanol–water partition coefficient (Wildman–Crippen LogP) is 4.30. The molecule has 6 rings (SSSR count). The van der Waals surface area contributed by atoms with Crippen molar-refractivity contribution in [2.75, 3.05) is 51.8 Å². The number of aryl methyl sites for hydroxylation is 3.